The van der Waals surface area contributed by atoms with Crippen LogP contribution in [0.15, 0.2) is 0 Å². The van der Waals surface area contributed by atoms with Crippen LogP contribution < -0.4 is 5.32 Å². The second-order valence-corrected chi connectivity index (χ2v) is 7.00. The molecule has 1 saturated heterocycles. The molecule has 0 radical (unpaired) electrons. The molecule has 0 spiro atoms. The summed E-state index contributed by atoms with van der Waals surface area (Å²) in [7, 11) is 0. The molecule has 1 aliphatic carbocycles. The van der Waals surface area contributed by atoms with E-state index in [2.05, 4.69) is 17.1 Å². The molecule has 0 aromatic heterocycles. The second kappa shape index (κ2) is 9.51. The third kappa shape index (κ3) is 5.88. The van der Waals surface area contributed by atoms with Crippen LogP contribution >= 0.6 is 0 Å². The molecule has 4 nitrogen and oxygen atoms in total. The Bertz CT molecular complexity index is 329. The van der Waals surface area contributed by atoms with E-state index in [9.17, 15) is 4.79 Å². The predicted molar refractivity (Wildman–Crippen MR) is 89.9 cm³/mol. The number of rotatable bonds is 7. The van der Waals surface area contributed by atoms with E-state index in [4.69, 9.17) is 4.74 Å². The van der Waals surface area contributed by atoms with Crippen LogP contribution in [-0.4, -0.2) is 49.2 Å². The van der Waals surface area contributed by atoms with Crippen LogP contribution in [-0.2, 0) is 9.53 Å². The summed E-state index contributed by atoms with van der Waals surface area (Å²) in [4.78, 5) is 14.1. The van der Waals surface area contributed by atoms with Gasteiger partial charge in [0.1, 0.15) is 0 Å². The number of likely N-dealkylation sites (tertiary alicyclic amines) is 1. The molecule has 0 bridgehead atoms. The van der Waals surface area contributed by atoms with E-state index in [1.54, 1.807) is 0 Å². The highest BCUT2D eigenvalue weighted by atomic mass is 16.5. The summed E-state index contributed by atoms with van der Waals surface area (Å²) >= 11 is 0. The summed E-state index contributed by atoms with van der Waals surface area (Å²) in [6, 6.07) is 1.32. The van der Waals surface area contributed by atoms with E-state index in [1.807, 2.05) is 6.92 Å². The predicted octanol–water partition coefficient (Wildman–Crippen LogP) is 2.96. The van der Waals surface area contributed by atoms with Gasteiger partial charge < -0.3 is 15.0 Å². The molecular formula is C18H34N2O2. The molecule has 2 atom stereocenters. The number of hydrogen-bond acceptors (Lipinski definition) is 4. The zero-order chi connectivity index (χ0) is 15.8. The number of carbonyl (C=O) groups excluding carboxylic acids is 1. The summed E-state index contributed by atoms with van der Waals surface area (Å²) in [6.07, 6.45) is 9.62. The first-order valence-electron chi connectivity index (χ1n) is 9.35. The Morgan fingerprint density at radius 1 is 1.14 bits per heavy atom. The monoisotopic (exact) mass is 310 g/mol. The Hall–Kier alpha value is -0.610. The maximum atomic E-state index is 11.6. The van der Waals surface area contributed by atoms with Gasteiger partial charge in [-0.1, -0.05) is 26.2 Å². The van der Waals surface area contributed by atoms with Crippen molar-refractivity contribution in [1.82, 2.24) is 10.2 Å². The lowest BCUT2D eigenvalue weighted by atomic mass is 9.88. The molecule has 128 valence electrons. The van der Waals surface area contributed by atoms with E-state index in [1.165, 1.54) is 45.1 Å². The lowest BCUT2D eigenvalue weighted by Gasteiger charge is -2.40. The minimum absolute atomic E-state index is 0.0343. The lowest BCUT2D eigenvalue weighted by Crippen LogP contribution is -2.52. The SMILES string of the molecule is CCOC(=O)CCC1CC(NC2CCCCC2)CN(CC)C1. The van der Waals surface area contributed by atoms with Gasteiger partial charge in [0.25, 0.3) is 0 Å². The summed E-state index contributed by atoms with van der Waals surface area (Å²) in [5.41, 5.74) is 0. The van der Waals surface area contributed by atoms with Crippen molar-refractivity contribution >= 4 is 5.97 Å². The molecule has 2 rings (SSSR count). The number of piperidine rings is 1. The molecular weight excluding hydrogens is 276 g/mol. The summed E-state index contributed by atoms with van der Waals surface area (Å²) in [5, 5.41) is 3.91. The molecule has 1 heterocycles. The highest BCUT2D eigenvalue weighted by molar-refractivity contribution is 5.69. The van der Waals surface area contributed by atoms with Crippen LogP contribution in [0, 0.1) is 5.92 Å². The molecule has 0 aromatic rings. The molecule has 0 amide bonds. The average Bonchev–Trinajstić information content (AvgIpc) is 2.54. The molecule has 4 heteroatoms. The fraction of sp³-hybridized carbons (Fsp3) is 0.944. The molecule has 2 aliphatic rings. The first-order chi connectivity index (χ1) is 10.7. The van der Waals surface area contributed by atoms with Gasteiger partial charge in [-0.05, 0) is 45.1 Å². The summed E-state index contributed by atoms with van der Waals surface area (Å²) in [6.45, 7) is 8.03. The molecule has 2 unspecified atom stereocenters. The minimum Gasteiger partial charge on any atom is -0.466 e. The van der Waals surface area contributed by atoms with E-state index in [-0.39, 0.29) is 5.97 Å². The van der Waals surface area contributed by atoms with Crippen LogP contribution in [0.5, 0.6) is 0 Å². The van der Waals surface area contributed by atoms with Gasteiger partial charge in [0.2, 0.25) is 0 Å². The van der Waals surface area contributed by atoms with Crippen molar-refractivity contribution in [3.63, 3.8) is 0 Å². The van der Waals surface area contributed by atoms with Crippen molar-refractivity contribution < 1.29 is 9.53 Å². The zero-order valence-electron chi connectivity index (χ0n) is 14.5. The largest absolute Gasteiger partial charge is 0.466 e. The second-order valence-electron chi connectivity index (χ2n) is 7.00. The first-order valence-corrected chi connectivity index (χ1v) is 9.35. The molecule has 1 N–H and O–H groups in total. The number of carbonyl (C=O) groups is 1. The van der Waals surface area contributed by atoms with Crippen LogP contribution in [0.25, 0.3) is 0 Å². The van der Waals surface area contributed by atoms with Gasteiger partial charge in [-0.15, -0.1) is 0 Å². The molecule has 1 aliphatic heterocycles. The van der Waals surface area contributed by atoms with Crippen molar-refractivity contribution in [2.75, 3.05) is 26.2 Å². The van der Waals surface area contributed by atoms with Gasteiger partial charge in [0, 0.05) is 31.6 Å². The smallest absolute Gasteiger partial charge is 0.305 e. The third-order valence-electron chi connectivity index (χ3n) is 5.20. The molecule has 0 aromatic carbocycles. The van der Waals surface area contributed by atoms with E-state index in [0.29, 0.717) is 25.0 Å². The Balaban J connectivity index is 1.79. The minimum atomic E-state index is -0.0343. The Morgan fingerprint density at radius 3 is 2.59 bits per heavy atom. The van der Waals surface area contributed by atoms with Gasteiger partial charge >= 0.3 is 5.97 Å². The fourth-order valence-corrected chi connectivity index (χ4v) is 4.05. The van der Waals surface area contributed by atoms with Crippen molar-refractivity contribution in [1.29, 1.82) is 0 Å². The highest BCUT2D eigenvalue weighted by Crippen LogP contribution is 2.24. The van der Waals surface area contributed by atoms with Crippen LogP contribution in [0.1, 0.15) is 65.2 Å². The number of esters is 1. The van der Waals surface area contributed by atoms with Crippen molar-refractivity contribution in [3.8, 4) is 0 Å². The van der Waals surface area contributed by atoms with Crippen LogP contribution in [0.4, 0.5) is 0 Å². The van der Waals surface area contributed by atoms with Crippen LogP contribution in [0.3, 0.4) is 0 Å². The van der Waals surface area contributed by atoms with E-state index >= 15 is 0 Å². The van der Waals surface area contributed by atoms with Crippen molar-refractivity contribution in [2.24, 2.45) is 5.92 Å². The maximum Gasteiger partial charge on any atom is 0.305 e. The maximum absolute atomic E-state index is 11.6. The highest BCUT2D eigenvalue weighted by Gasteiger charge is 2.28. The average molecular weight is 310 g/mol. The fourth-order valence-electron chi connectivity index (χ4n) is 4.05. The van der Waals surface area contributed by atoms with Gasteiger partial charge in [-0.3, -0.25) is 4.79 Å². The molecule has 22 heavy (non-hydrogen) atoms. The number of nitrogens with zero attached hydrogens (tertiary/aromatic N) is 1. The van der Waals surface area contributed by atoms with Gasteiger partial charge in [-0.2, -0.15) is 0 Å². The topological polar surface area (TPSA) is 41.6 Å². The number of ether oxygens (including phenoxy) is 1. The van der Waals surface area contributed by atoms with Crippen molar-refractivity contribution in [3.05, 3.63) is 0 Å². The van der Waals surface area contributed by atoms with E-state index in [0.717, 1.165) is 25.6 Å². The number of nitrogens with one attached hydrogen (secondary N) is 1. The Labute approximate surface area is 136 Å². The standard InChI is InChI=1S/C18H34N2O2/c1-3-20-13-15(10-11-18(21)22-4-2)12-17(14-20)19-16-8-6-5-7-9-16/h15-17,19H,3-14H2,1-2H3. The zero-order valence-corrected chi connectivity index (χ0v) is 14.5. The molecule has 1 saturated carbocycles. The number of likely N-dealkylation sites (N-methyl/N-ethyl adjacent to an activating group) is 1. The quantitative estimate of drug-likeness (QED) is 0.734. The summed E-state index contributed by atoms with van der Waals surface area (Å²) < 4.78 is 5.07. The van der Waals surface area contributed by atoms with E-state index < -0.39 is 0 Å². The first kappa shape index (κ1) is 17.7. The Morgan fingerprint density at radius 2 is 1.91 bits per heavy atom. The van der Waals surface area contributed by atoms with Gasteiger partial charge in [-0.25, -0.2) is 0 Å². The van der Waals surface area contributed by atoms with Crippen molar-refractivity contribution in [2.45, 2.75) is 77.3 Å². The Kier molecular flexibility index (Phi) is 7.67. The van der Waals surface area contributed by atoms with Crippen LogP contribution in [0.2, 0.25) is 0 Å². The number of hydrogen-bond donors (Lipinski definition) is 1. The summed E-state index contributed by atoms with van der Waals surface area (Å²) in [5.74, 6) is 0.590. The van der Waals surface area contributed by atoms with Gasteiger partial charge in [0.15, 0.2) is 0 Å². The lowest BCUT2D eigenvalue weighted by molar-refractivity contribution is -0.143. The molecule has 2 fully saturated rings. The third-order valence-corrected chi connectivity index (χ3v) is 5.20. The van der Waals surface area contributed by atoms with Gasteiger partial charge in [0.05, 0.1) is 6.61 Å². The normalized spacial score (nSPS) is 27.7.